The Bertz CT molecular complexity index is 1400. The van der Waals surface area contributed by atoms with Gasteiger partial charge >= 0.3 is 17.9 Å². The summed E-state index contributed by atoms with van der Waals surface area (Å²) < 4.78 is 15.5. The SMILES string of the molecule is CC(=O)CC(=O)OC(C)(C)C.CCCCCC1CCC(CCCO)C(CCCO)C1CCCCC.CCCCCC1CCC(CCCOC(=O)CC(C)=O)C(CCCOC(=O)CC(C)=O)C1CCCCC. The van der Waals surface area contributed by atoms with Gasteiger partial charge in [0.25, 0.3) is 0 Å². The Morgan fingerprint density at radius 2 is 0.662 bits per heavy atom. The van der Waals surface area contributed by atoms with E-state index in [0.29, 0.717) is 44.2 Å². The minimum absolute atomic E-state index is 0.128. The summed E-state index contributed by atoms with van der Waals surface area (Å²) in [5.41, 5.74) is -0.494. The summed E-state index contributed by atoms with van der Waals surface area (Å²) >= 11 is 0. The number of ether oxygens (including phenoxy) is 3. The van der Waals surface area contributed by atoms with Crippen molar-refractivity contribution in [1.82, 2.24) is 0 Å². The molecular formula is C60H110O11. The number of carbonyl (C=O) groups is 6. The van der Waals surface area contributed by atoms with Gasteiger partial charge in [-0.25, -0.2) is 0 Å². The van der Waals surface area contributed by atoms with E-state index in [-0.39, 0.29) is 36.6 Å². The zero-order chi connectivity index (χ0) is 53.5. The zero-order valence-electron chi connectivity index (χ0n) is 47.4. The molecule has 71 heavy (non-hydrogen) atoms. The Morgan fingerprint density at radius 1 is 0.394 bits per heavy atom. The summed E-state index contributed by atoms with van der Waals surface area (Å²) in [6, 6.07) is 0. The molecule has 0 aromatic carbocycles. The summed E-state index contributed by atoms with van der Waals surface area (Å²) in [4.78, 5) is 67.1. The van der Waals surface area contributed by atoms with E-state index in [1.807, 2.05) is 0 Å². The van der Waals surface area contributed by atoms with Gasteiger partial charge in [0.2, 0.25) is 0 Å². The van der Waals surface area contributed by atoms with Gasteiger partial charge in [-0.3, -0.25) is 28.8 Å². The van der Waals surface area contributed by atoms with E-state index in [1.165, 1.54) is 162 Å². The van der Waals surface area contributed by atoms with Crippen LogP contribution in [0.1, 0.15) is 268 Å². The van der Waals surface area contributed by atoms with Crippen molar-refractivity contribution in [3.8, 4) is 0 Å². The molecule has 2 aliphatic carbocycles. The molecule has 2 saturated carbocycles. The third-order valence-corrected chi connectivity index (χ3v) is 14.9. The van der Waals surface area contributed by atoms with Gasteiger partial charge in [-0.15, -0.1) is 0 Å². The summed E-state index contributed by atoms with van der Waals surface area (Å²) in [5.74, 6) is 4.20. The number of aliphatic hydroxyl groups excluding tert-OH is 2. The van der Waals surface area contributed by atoms with E-state index in [0.717, 1.165) is 68.1 Å². The topological polar surface area (TPSA) is 171 Å². The third-order valence-electron chi connectivity index (χ3n) is 14.9. The molecule has 2 rings (SSSR count). The molecule has 0 aromatic heterocycles. The lowest BCUT2D eigenvalue weighted by molar-refractivity contribution is -0.156. The highest BCUT2D eigenvalue weighted by Crippen LogP contribution is 2.48. The Kier molecular flexibility index (Phi) is 41.1. The van der Waals surface area contributed by atoms with Crippen molar-refractivity contribution in [3.05, 3.63) is 0 Å². The van der Waals surface area contributed by atoms with E-state index in [2.05, 4.69) is 27.7 Å². The molecule has 0 heterocycles. The molecule has 2 N–H and O–H groups in total. The van der Waals surface area contributed by atoms with E-state index < -0.39 is 23.5 Å². The van der Waals surface area contributed by atoms with Crippen LogP contribution in [0.2, 0.25) is 0 Å². The van der Waals surface area contributed by atoms with Crippen LogP contribution in [0.4, 0.5) is 0 Å². The molecular weight excluding hydrogens is 897 g/mol. The molecule has 11 heteroatoms. The quantitative estimate of drug-likeness (QED) is 0.0265. The molecule has 0 bridgehead atoms. The Hall–Kier alpha value is -2.66. The molecule has 8 atom stereocenters. The summed E-state index contributed by atoms with van der Waals surface area (Å²) in [6.45, 7) is 20.0. The normalized spacial score (nSPS) is 22.0. The predicted molar refractivity (Wildman–Crippen MR) is 288 cm³/mol. The molecule has 0 aliphatic heterocycles. The molecule has 0 radical (unpaired) electrons. The highest BCUT2D eigenvalue weighted by molar-refractivity contribution is 5.95. The molecule has 416 valence electrons. The highest BCUT2D eigenvalue weighted by atomic mass is 16.6. The van der Waals surface area contributed by atoms with Crippen LogP contribution in [0.15, 0.2) is 0 Å². The van der Waals surface area contributed by atoms with E-state index in [1.54, 1.807) is 20.8 Å². The van der Waals surface area contributed by atoms with Gasteiger partial charge in [0.05, 0.1) is 13.2 Å². The number of Topliss-reactive ketones (excluding diaryl/α,β-unsaturated/α-hetero) is 3. The Labute approximate surface area is 434 Å². The number of ketones is 3. The number of hydrogen-bond donors (Lipinski definition) is 2. The van der Waals surface area contributed by atoms with Crippen molar-refractivity contribution in [2.24, 2.45) is 47.3 Å². The van der Waals surface area contributed by atoms with Gasteiger partial charge in [-0.05, 0) is 179 Å². The zero-order valence-corrected chi connectivity index (χ0v) is 47.4. The molecule has 0 aromatic rings. The van der Waals surface area contributed by atoms with Crippen molar-refractivity contribution < 1.29 is 53.2 Å². The summed E-state index contributed by atoms with van der Waals surface area (Å²) in [5, 5.41) is 18.6. The van der Waals surface area contributed by atoms with E-state index in [4.69, 9.17) is 14.2 Å². The fraction of sp³-hybridized carbons (Fsp3) is 0.900. The molecule has 0 spiro atoms. The Balaban J connectivity index is 0.00000119. The van der Waals surface area contributed by atoms with Gasteiger partial charge in [0.15, 0.2) is 0 Å². The van der Waals surface area contributed by atoms with Crippen LogP contribution >= 0.6 is 0 Å². The van der Waals surface area contributed by atoms with Crippen LogP contribution < -0.4 is 0 Å². The van der Waals surface area contributed by atoms with Crippen molar-refractivity contribution >= 4 is 35.3 Å². The standard InChI is InChI=1S/C30H52O6.C22H44O2.C8H14O3/c1-5-7-9-13-25-17-18-26(14-11-19-35-29(33)21-23(3)31)28(27(25)15-10-8-6-2)16-12-20-36-30(34)22-24(4)32;1-3-5-7-11-19-15-16-20(12-9-17-23)22(14-10-18-24)21(19)13-8-6-4-2;1-6(9)5-7(10)11-8(2,3)4/h25-28H,5-22H2,1-4H3;19-24H,3-18H2,1-2H3;5H2,1-4H3. The number of unbranched alkanes of at least 4 members (excludes halogenated alkanes) is 8. The molecule has 0 saturated heterocycles. The maximum absolute atomic E-state index is 11.8. The van der Waals surface area contributed by atoms with E-state index in [9.17, 15) is 39.0 Å². The first kappa shape index (κ1) is 68.3. The van der Waals surface area contributed by atoms with Gasteiger partial charge in [0.1, 0.15) is 42.2 Å². The fourth-order valence-corrected chi connectivity index (χ4v) is 11.7. The lowest BCUT2D eigenvalue weighted by Gasteiger charge is -2.44. The van der Waals surface area contributed by atoms with Gasteiger partial charge in [0, 0.05) is 13.2 Å². The monoisotopic (exact) mass is 1010 g/mol. The second kappa shape index (κ2) is 42.7. The van der Waals surface area contributed by atoms with Crippen molar-refractivity contribution in [1.29, 1.82) is 0 Å². The smallest absolute Gasteiger partial charge is 0.313 e. The Morgan fingerprint density at radius 3 is 0.986 bits per heavy atom. The first-order valence-electron chi connectivity index (χ1n) is 29.1. The number of aliphatic hydroxyl groups is 2. The average Bonchev–Trinajstić information content (AvgIpc) is 3.28. The van der Waals surface area contributed by atoms with Crippen LogP contribution in [0.3, 0.4) is 0 Å². The highest BCUT2D eigenvalue weighted by Gasteiger charge is 2.39. The molecule has 2 fully saturated rings. The lowest BCUT2D eigenvalue weighted by atomic mass is 9.61. The van der Waals surface area contributed by atoms with Crippen LogP contribution in [0.5, 0.6) is 0 Å². The second-order valence-corrected chi connectivity index (χ2v) is 22.5. The van der Waals surface area contributed by atoms with Gasteiger partial charge in [-0.2, -0.15) is 0 Å². The molecule has 2 aliphatic rings. The van der Waals surface area contributed by atoms with Gasteiger partial charge < -0.3 is 24.4 Å². The van der Waals surface area contributed by atoms with E-state index >= 15 is 0 Å². The molecule has 11 nitrogen and oxygen atoms in total. The van der Waals surface area contributed by atoms with Crippen molar-refractivity contribution in [3.63, 3.8) is 0 Å². The lowest BCUT2D eigenvalue weighted by Crippen LogP contribution is -2.35. The first-order valence-corrected chi connectivity index (χ1v) is 29.1. The van der Waals surface area contributed by atoms with Crippen molar-refractivity contribution in [2.75, 3.05) is 26.4 Å². The first-order chi connectivity index (χ1) is 33.9. The van der Waals surface area contributed by atoms with Crippen LogP contribution in [-0.2, 0) is 43.0 Å². The molecule has 0 amide bonds. The summed E-state index contributed by atoms with van der Waals surface area (Å²) in [7, 11) is 0. The predicted octanol–water partition coefficient (Wildman–Crippen LogP) is 14.3. The molecule has 8 unspecified atom stereocenters. The van der Waals surface area contributed by atoms with Crippen molar-refractivity contribution in [2.45, 2.75) is 274 Å². The fourth-order valence-electron chi connectivity index (χ4n) is 11.7. The number of carbonyl (C=O) groups excluding carboxylic acids is 6. The van der Waals surface area contributed by atoms with Crippen LogP contribution in [0, 0.1) is 47.3 Å². The number of hydrogen-bond acceptors (Lipinski definition) is 11. The average molecular weight is 1010 g/mol. The third kappa shape index (κ3) is 35.2. The number of esters is 3. The second-order valence-electron chi connectivity index (χ2n) is 22.5. The maximum Gasteiger partial charge on any atom is 0.313 e. The largest absolute Gasteiger partial charge is 0.465 e. The number of rotatable bonds is 36. The minimum atomic E-state index is -0.494. The maximum atomic E-state index is 11.8. The van der Waals surface area contributed by atoms with Gasteiger partial charge in [-0.1, -0.05) is 118 Å². The van der Waals surface area contributed by atoms with Crippen LogP contribution in [0.25, 0.3) is 0 Å². The minimum Gasteiger partial charge on any atom is -0.465 e. The van der Waals surface area contributed by atoms with Crippen LogP contribution in [-0.4, -0.2) is 77.5 Å². The summed E-state index contributed by atoms with van der Waals surface area (Å²) in [6.07, 6.45) is 34.0.